The van der Waals surface area contributed by atoms with E-state index in [-0.39, 0.29) is 5.78 Å². The van der Waals surface area contributed by atoms with E-state index in [1.165, 1.54) is 7.11 Å². The average Bonchev–Trinajstić information content (AvgIpc) is 2.91. The number of ether oxygens (including phenoxy) is 2. The summed E-state index contributed by atoms with van der Waals surface area (Å²) in [5.74, 6) is -0.543. The Morgan fingerprint density at radius 1 is 1.23 bits per heavy atom. The third-order valence-electron chi connectivity index (χ3n) is 4.08. The molecule has 2 heterocycles. The van der Waals surface area contributed by atoms with Crippen LogP contribution in [0.4, 0.5) is 5.69 Å². The molecule has 0 unspecified atom stereocenters. The molecule has 0 atom stereocenters. The average molecular weight is 354 g/mol. The molecule has 1 aromatic carbocycles. The minimum Gasteiger partial charge on any atom is -0.495 e. The first-order valence-electron chi connectivity index (χ1n) is 7.86. The summed E-state index contributed by atoms with van der Waals surface area (Å²) < 4.78 is 12.3. The number of rotatable bonds is 6. The van der Waals surface area contributed by atoms with Gasteiger partial charge in [-0.15, -0.1) is 0 Å². The fourth-order valence-corrected chi connectivity index (χ4v) is 2.89. The van der Waals surface area contributed by atoms with E-state index in [1.54, 1.807) is 53.9 Å². The molecule has 0 aliphatic carbocycles. The van der Waals surface area contributed by atoms with Gasteiger partial charge in [-0.1, -0.05) is 6.07 Å². The van der Waals surface area contributed by atoms with Gasteiger partial charge in [-0.3, -0.25) is 4.79 Å². The maximum Gasteiger partial charge on any atom is 0.341 e. The number of anilines is 1. The number of pyridine rings is 1. The van der Waals surface area contributed by atoms with E-state index in [0.717, 1.165) is 0 Å². The van der Waals surface area contributed by atoms with Crippen molar-refractivity contribution in [2.45, 2.75) is 6.92 Å². The molecule has 0 saturated carbocycles. The lowest BCUT2D eigenvalue weighted by Gasteiger charge is -2.08. The summed E-state index contributed by atoms with van der Waals surface area (Å²) >= 11 is 0. The first-order valence-corrected chi connectivity index (χ1v) is 7.86. The van der Waals surface area contributed by atoms with Gasteiger partial charge in [0, 0.05) is 17.3 Å². The van der Waals surface area contributed by atoms with Crippen LogP contribution in [0, 0.1) is 6.92 Å². The van der Waals surface area contributed by atoms with E-state index in [9.17, 15) is 9.59 Å². The molecule has 0 spiro atoms. The molecule has 0 radical (unpaired) electrons. The summed E-state index contributed by atoms with van der Waals surface area (Å²) in [5, 5.41) is 8.89. The van der Waals surface area contributed by atoms with Crippen LogP contribution in [0.3, 0.4) is 0 Å². The highest BCUT2D eigenvalue weighted by atomic mass is 16.5. The predicted molar refractivity (Wildman–Crippen MR) is 96.1 cm³/mol. The van der Waals surface area contributed by atoms with Crippen LogP contribution in [0.25, 0.3) is 5.52 Å². The van der Waals surface area contributed by atoms with Gasteiger partial charge in [-0.25, -0.2) is 4.79 Å². The molecule has 0 aliphatic heterocycles. The smallest absolute Gasteiger partial charge is 0.341 e. The Balaban J connectivity index is 2.14. The van der Waals surface area contributed by atoms with Crippen molar-refractivity contribution < 1.29 is 24.2 Å². The molecule has 26 heavy (non-hydrogen) atoms. The minimum absolute atomic E-state index is 0.243. The fraction of sp³-hybridized carbons (Fsp3) is 0.158. The van der Waals surface area contributed by atoms with Gasteiger partial charge in [0.05, 0.1) is 18.3 Å². The topological polar surface area (TPSA) is 103 Å². The highest BCUT2D eigenvalue weighted by Gasteiger charge is 2.23. The van der Waals surface area contributed by atoms with Crippen molar-refractivity contribution >= 4 is 23.0 Å². The zero-order valence-corrected chi connectivity index (χ0v) is 14.4. The number of ketones is 1. The molecule has 2 aromatic heterocycles. The first-order chi connectivity index (χ1) is 12.4. The van der Waals surface area contributed by atoms with E-state index >= 15 is 0 Å². The lowest BCUT2D eigenvalue weighted by atomic mass is 10.0. The van der Waals surface area contributed by atoms with E-state index in [0.29, 0.717) is 39.5 Å². The van der Waals surface area contributed by atoms with Crippen LogP contribution in [0.5, 0.6) is 11.5 Å². The molecule has 0 aliphatic rings. The van der Waals surface area contributed by atoms with Crippen molar-refractivity contribution in [1.29, 1.82) is 0 Å². The lowest BCUT2D eigenvalue weighted by molar-refractivity contribution is -0.139. The molecule has 0 bridgehead atoms. The second-order valence-corrected chi connectivity index (χ2v) is 5.73. The number of aliphatic carboxylic acids is 1. The van der Waals surface area contributed by atoms with E-state index < -0.39 is 12.6 Å². The molecule has 0 amide bonds. The maximum absolute atomic E-state index is 13.1. The summed E-state index contributed by atoms with van der Waals surface area (Å²) in [6.45, 7) is 1.24. The number of fused-ring (bicyclic) bond motifs is 1. The van der Waals surface area contributed by atoms with Gasteiger partial charge >= 0.3 is 5.97 Å². The Morgan fingerprint density at radius 2 is 2.00 bits per heavy atom. The van der Waals surface area contributed by atoms with Crippen LogP contribution in [0.1, 0.15) is 21.6 Å². The molecule has 0 fully saturated rings. The highest BCUT2D eigenvalue weighted by Crippen LogP contribution is 2.33. The Kier molecular flexibility index (Phi) is 4.53. The van der Waals surface area contributed by atoms with Crippen LogP contribution < -0.4 is 15.2 Å². The number of hydrogen-bond acceptors (Lipinski definition) is 5. The number of carboxylic acid groups (broad SMARTS) is 1. The number of methoxy groups -OCH3 is 1. The number of carbonyl (C=O) groups excluding carboxylic acids is 1. The molecule has 0 saturated heterocycles. The Hall–Kier alpha value is -3.48. The Bertz CT molecular complexity index is 1010. The van der Waals surface area contributed by atoms with Crippen LogP contribution in [0.15, 0.2) is 42.6 Å². The summed E-state index contributed by atoms with van der Waals surface area (Å²) in [7, 11) is 1.48. The van der Waals surface area contributed by atoms with Crippen molar-refractivity contribution in [2.75, 3.05) is 19.5 Å². The molecule has 134 valence electrons. The first kappa shape index (κ1) is 17.3. The molecular weight excluding hydrogens is 336 g/mol. The molecular formula is C19H18N2O5. The van der Waals surface area contributed by atoms with Gasteiger partial charge in [0.25, 0.3) is 0 Å². The summed E-state index contributed by atoms with van der Waals surface area (Å²) in [6.07, 6.45) is 1.73. The fourth-order valence-electron chi connectivity index (χ4n) is 2.89. The van der Waals surface area contributed by atoms with Gasteiger partial charge < -0.3 is 24.7 Å². The third-order valence-corrected chi connectivity index (χ3v) is 4.08. The number of benzene rings is 1. The molecule has 7 heteroatoms. The number of nitrogen functional groups attached to an aromatic ring is 1. The van der Waals surface area contributed by atoms with Gasteiger partial charge in [-0.2, -0.15) is 0 Å². The highest BCUT2D eigenvalue weighted by molar-refractivity contribution is 6.10. The van der Waals surface area contributed by atoms with Gasteiger partial charge in [0.1, 0.15) is 17.2 Å². The number of carboxylic acids is 1. The second kappa shape index (κ2) is 6.79. The van der Waals surface area contributed by atoms with Crippen molar-refractivity contribution in [3.63, 3.8) is 0 Å². The number of aromatic nitrogens is 1. The van der Waals surface area contributed by atoms with E-state index in [1.807, 2.05) is 0 Å². The third kappa shape index (κ3) is 2.95. The second-order valence-electron chi connectivity index (χ2n) is 5.73. The number of nitrogens with zero attached hydrogens (tertiary/aromatic N) is 1. The molecule has 3 N–H and O–H groups in total. The van der Waals surface area contributed by atoms with Crippen LogP contribution in [-0.2, 0) is 4.79 Å². The SMILES string of the molecule is COc1cc(C(=O)c2c(C)c(OCC(=O)O)c3ccccn23)ccc1N. The van der Waals surface area contributed by atoms with Crippen LogP contribution in [-0.4, -0.2) is 35.0 Å². The van der Waals surface area contributed by atoms with Gasteiger partial charge in [-0.05, 0) is 37.3 Å². The zero-order valence-electron chi connectivity index (χ0n) is 14.4. The summed E-state index contributed by atoms with van der Waals surface area (Å²) in [6, 6.07) is 10.2. The summed E-state index contributed by atoms with van der Waals surface area (Å²) in [4.78, 5) is 24.0. The molecule has 3 aromatic rings. The Labute approximate surface area is 149 Å². The minimum atomic E-state index is -1.09. The number of carbonyl (C=O) groups is 2. The maximum atomic E-state index is 13.1. The van der Waals surface area contributed by atoms with Crippen molar-refractivity contribution in [2.24, 2.45) is 0 Å². The zero-order chi connectivity index (χ0) is 18.8. The Morgan fingerprint density at radius 3 is 2.69 bits per heavy atom. The number of nitrogens with two attached hydrogens (primary N) is 1. The predicted octanol–water partition coefficient (Wildman–Crippen LogP) is 2.53. The van der Waals surface area contributed by atoms with E-state index in [2.05, 4.69) is 0 Å². The summed E-state index contributed by atoms with van der Waals surface area (Å²) in [5.41, 5.74) is 8.25. The quantitative estimate of drug-likeness (QED) is 0.521. The largest absolute Gasteiger partial charge is 0.495 e. The van der Waals surface area contributed by atoms with Crippen molar-refractivity contribution in [1.82, 2.24) is 4.40 Å². The standard InChI is InChI=1S/C19H18N2O5/c1-11-17(18(24)12-6-7-13(20)15(9-12)25-2)21-8-4-3-5-14(21)19(11)26-10-16(22)23/h3-9H,10,20H2,1-2H3,(H,22,23). The molecule has 3 rings (SSSR count). The van der Waals surface area contributed by atoms with E-state index in [4.69, 9.17) is 20.3 Å². The monoisotopic (exact) mass is 354 g/mol. The molecule has 7 nitrogen and oxygen atoms in total. The van der Waals surface area contributed by atoms with Crippen molar-refractivity contribution in [3.05, 3.63) is 59.4 Å². The van der Waals surface area contributed by atoms with Crippen LogP contribution >= 0.6 is 0 Å². The van der Waals surface area contributed by atoms with Crippen LogP contribution in [0.2, 0.25) is 0 Å². The number of hydrogen-bond donors (Lipinski definition) is 2. The normalized spacial score (nSPS) is 10.7. The van der Waals surface area contributed by atoms with Gasteiger partial charge in [0.2, 0.25) is 5.78 Å². The van der Waals surface area contributed by atoms with Gasteiger partial charge in [0.15, 0.2) is 6.61 Å². The van der Waals surface area contributed by atoms with Crippen molar-refractivity contribution in [3.8, 4) is 11.5 Å². The lowest BCUT2D eigenvalue weighted by Crippen LogP contribution is -2.10.